The Bertz CT molecular complexity index is 5250. The largest absolute Gasteiger partial charge is 0.398 e. The number of nitrogens with zero attached hydrogens (tertiary/aromatic N) is 10. The Morgan fingerprint density at radius 3 is 1.55 bits per heavy atom. The van der Waals surface area contributed by atoms with Gasteiger partial charge < -0.3 is 35.1 Å². The number of anilines is 2. The highest BCUT2D eigenvalue weighted by molar-refractivity contribution is 7.15. The molecule has 0 saturated carbocycles. The molecule has 0 bridgehead atoms. The summed E-state index contributed by atoms with van der Waals surface area (Å²) in [6, 6.07) is 32.2. The standard InChI is InChI=1S/C40H36FN7O4S.C27H24N4O2S.C13H12FN3O3/c1-24-45-46-36-23-52-22-32-29(17-25-7-3-2-4-8-25)35(53-40(32)48(24)36)14-11-26-10-12-28(43-20-26)9-5-6-16-42-33-19-27(41)18-30-31(33)21-47(39(30)51)34-13-15-37(49)44-38(34)50;1-19-29-30-26-18-33-17-24-23(15-20-7-3-2-4-8-20)25(34-27(24)31(19)26)13-11-21-10-12-22(28-16-21)9-5-6-14-32;14-6-3-7-8(9(15)4-6)5-17(13(7)20)10-1-2-11(18)16-12(10)19/h2-4,7-8,10,12,18-20,34,42H,5-6,9,13,15-17,21-23H2,1H3,(H,44,49,50);2-4,7-8,10,12,14,16H,5-6,9,15,17-18H2,1H3;3-4,10H,1-2,5,15H2,(H,16,18,19). The van der Waals surface area contributed by atoms with E-state index < -0.39 is 47.3 Å². The van der Waals surface area contributed by atoms with Crippen molar-refractivity contribution in [2.75, 3.05) is 17.6 Å². The third-order valence-electron chi connectivity index (χ3n) is 19.3. The fourth-order valence-electron chi connectivity index (χ4n) is 13.8. The molecule has 0 aliphatic carbocycles. The number of carbonyl (C=O) groups is 7. The minimum atomic E-state index is -0.750. The summed E-state index contributed by atoms with van der Waals surface area (Å²) < 4.78 is 44.0. The number of imide groups is 2. The number of unbranched alkanes of at least 4 members (excludes halogenated alkanes) is 2. The molecule has 542 valence electrons. The fourth-order valence-corrected chi connectivity index (χ4v) is 16.3. The zero-order valence-electron chi connectivity index (χ0n) is 58.5. The van der Waals surface area contributed by atoms with E-state index in [1.54, 1.807) is 22.7 Å². The molecule has 0 radical (unpaired) electrons. The molecular formula is C80H72F2N14O9S2. The van der Waals surface area contributed by atoms with E-state index in [0.29, 0.717) is 56.2 Å². The number of pyridine rings is 2. The third-order valence-corrected chi connectivity index (χ3v) is 21.6. The molecule has 2 unspecified atom stereocenters. The number of rotatable bonds is 16. The summed E-state index contributed by atoms with van der Waals surface area (Å²) in [7, 11) is 0. The number of nitrogen functional groups attached to an aromatic ring is 1. The van der Waals surface area contributed by atoms with Crippen LogP contribution in [0.2, 0.25) is 0 Å². The monoisotopic (exact) mass is 1470 g/mol. The summed E-state index contributed by atoms with van der Waals surface area (Å²) in [5.41, 5.74) is 18.8. The zero-order valence-corrected chi connectivity index (χ0v) is 60.1. The number of aromatic nitrogens is 8. The van der Waals surface area contributed by atoms with E-state index in [9.17, 15) is 42.3 Å². The van der Waals surface area contributed by atoms with Gasteiger partial charge in [0.05, 0.1) is 23.0 Å². The van der Waals surface area contributed by atoms with Gasteiger partial charge in [-0.2, -0.15) is 0 Å². The normalized spacial score (nSPS) is 16.1. The molecule has 5 N–H and O–H groups in total. The molecule has 23 nitrogen and oxygen atoms in total. The van der Waals surface area contributed by atoms with Crippen LogP contribution in [0.4, 0.5) is 20.2 Å². The Labute approximate surface area is 622 Å². The number of amides is 6. The van der Waals surface area contributed by atoms with Crippen LogP contribution < -0.4 is 21.7 Å². The zero-order chi connectivity index (χ0) is 74.2. The van der Waals surface area contributed by atoms with E-state index in [-0.39, 0.29) is 67.4 Å². The van der Waals surface area contributed by atoms with Gasteiger partial charge in [0.15, 0.2) is 11.6 Å². The van der Waals surface area contributed by atoms with Gasteiger partial charge >= 0.3 is 0 Å². The van der Waals surface area contributed by atoms with E-state index in [4.69, 9.17) is 15.2 Å². The Balaban J connectivity index is 0.000000151. The number of hydrogen-bond donors (Lipinski definition) is 4. The smallest absolute Gasteiger partial charge is 0.255 e. The molecule has 2 saturated heterocycles. The van der Waals surface area contributed by atoms with Crippen molar-refractivity contribution in [1.82, 2.24) is 59.9 Å². The highest BCUT2D eigenvalue weighted by atomic mass is 32.1. The first-order chi connectivity index (χ1) is 52.0. The fraction of sp³-hybridized carbons (Fsp3) is 0.287. The van der Waals surface area contributed by atoms with Crippen LogP contribution in [0.5, 0.6) is 0 Å². The number of ether oxygens (including phenoxy) is 2. The maximum Gasteiger partial charge on any atom is 0.255 e. The maximum absolute atomic E-state index is 14.5. The van der Waals surface area contributed by atoms with Crippen LogP contribution >= 0.6 is 22.7 Å². The first kappa shape index (κ1) is 72.2. The summed E-state index contributed by atoms with van der Waals surface area (Å²) in [5.74, 6) is 13.1. The summed E-state index contributed by atoms with van der Waals surface area (Å²) in [6.45, 7) is 6.70. The second-order valence-corrected chi connectivity index (χ2v) is 28.5. The highest BCUT2D eigenvalue weighted by Crippen LogP contribution is 2.40. The second kappa shape index (κ2) is 32.3. The van der Waals surface area contributed by atoms with Crippen LogP contribution in [-0.4, -0.2) is 110 Å². The number of hydrogen-bond acceptors (Lipinski definition) is 19. The van der Waals surface area contributed by atoms with Gasteiger partial charge in [-0.25, -0.2) is 8.78 Å². The first-order valence-electron chi connectivity index (χ1n) is 35.2. The summed E-state index contributed by atoms with van der Waals surface area (Å²) >= 11 is 3.31. The quantitative estimate of drug-likeness (QED) is 0.0230. The van der Waals surface area contributed by atoms with Gasteiger partial charge in [0, 0.05) is 119 Å². The highest BCUT2D eigenvalue weighted by Gasteiger charge is 2.42. The van der Waals surface area contributed by atoms with Gasteiger partial charge in [0.2, 0.25) is 23.6 Å². The molecule has 6 aliphatic rings. The number of aldehydes is 1. The van der Waals surface area contributed by atoms with E-state index in [1.807, 2.05) is 74.8 Å². The molecule has 6 aromatic heterocycles. The number of halogens is 2. The van der Waals surface area contributed by atoms with Crippen LogP contribution in [0.15, 0.2) is 122 Å². The number of thiophene rings is 2. The van der Waals surface area contributed by atoms with Crippen LogP contribution in [0.25, 0.3) is 10.0 Å². The van der Waals surface area contributed by atoms with E-state index in [1.165, 1.54) is 38.6 Å². The average molecular weight is 1480 g/mol. The Hall–Kier alpha value is -11.8. The molecule has 10 aromatic rings. The average Bonchev–Trinajstić information content (AvgIpc) is 1.63. The van der Waals surface area contributed by atoms with Crippen LogP contribution in [-0.2, 0) is 98.6 Å². The van der Waals surface area contributed by atoms with Crippen molar-refractivity contribution in [3.8, 4) is 33.7 Å². The predicted molar refractivity (Wildman–Crippen MR) is 394 cm³/mol. The Morgan fingerprint density at radius 2 is 1.07 bits per heavy atom. The maximum atomic E-state index is 14.5. The Morgan fingerprint density at radius 1 is 0.579 bits per heavy atom. The molecule has 12 heterocycles. The van der Waals surface area contributed by atoms with Crippen molar-refractivity contribution in [3.05, 3.63) is 244 Å². The molecule has 6 amide bonds. The number of piperidine rings is 2. The van der Waals surface area contributed by atoms with Gasteiger partial charge in [-0.15, -0.1) is 43.1 Å². The van der Waals surface area contributed by atoms with Gasteiger partial charge in [-0.3, -0.25) is 58.5 Å². The van der Waals surface area contributed by atoms with Crippen molar-refractivity contribution in [3.63, 3.8) is 0 Å². The summed E-state index contributed by atoms with van der Waals surface area (Å²) in [5, 5.41) is 27.1. The topological polar surface area (TPSA) is 294 Å². The summed E-state index contributed by atoms with van der Waals surface area (Å²) in [6.07, 6.45) is 11.5. The lowest BCUT2D eigenvalue weighted by molar-refractivity contribution is -0.138. The number of nitrogens with two attached hydrogens (primary N) is 1. The summed E-state index contributed by atoms with van der Waals surface area (Å²) in [4.78, 5) is 96.8. The SMILES string of the molecule is Cc1nnc2n1-c1sc(C#Cc3ccc(CCCC=O)nc3)c(Cc3ccccc3)c1COC2.Cc1nnc2n1-c1sc(C#Cc3ccc(CCCCNc4cc(F)cc5c4CN(C4CCC(=O)NC4=O)C5=O)nc3)c(Cc3ccccc3)c1COC2.Nc1cc(F)cc2c1CN(C1CCC(=O)NC1=O)C2=O. The van der Waals surface area contributed by atoms with Crippen LogP contribution in [0.3, 0.4) is 0 Å². The Kier molecular flexibility index (Phi) is 21.8. The lowest BCUT2D eigenvalue weighted by Gasteiger charge is -2.29. The molecule has 0 spiro atoms. The minimum Gasteiger partial charge on any atom is -0.398 e. The second-order valence-electron chi connectivity index (χ2n) is 26.5. The number of nitrogens with one attached hydrogen (secondary N) is 3. The van der Waals surface area contributed by atoms with Gasteiger partial charge in [-0.05, 0) is 142 Å². The third kappa shape index (κ3) is 16.1. The predicted octanol–water partition coefficient (Wildman–Crippen LogP) is 10.1. The van der Waals surface area contributed by atoms with E-state index in [2.05, 4.69) is 116 Å². The molecule has 107 heavy (non-hydrogen) atoms. The minimum absolute atomic E-state index is 0.159. The number of carbonyl (C=O) groups excluding carboxylic acids is 7. The van der Waals surface area contributed by atoms with E-state index >= 15 is 0 Å². The molecular weight excluding hydrogens is 1400 g/mol. The lowest BCUT2D eigenvalue weighted by atomic mass is 10.0. The molecule has 2 atom stereocenters. The number of fused-ring (bicyclic) bond motifs is 8. The van der Waals surface area contributed by atoms with Gasteiger partial charge in [0.1, 0.15) is 64.9 Å². The van der Waals surface area contributed by atoms with Gasteiger partial charge in [0.25, 0.3) is 11.8 Å². The molecule has 16 rings (SSSR count). The molecule has 2 fully saturated rings. The number of aryl methyl sites for hydroxylation is 4. The lowest BCUT2D eigenvalue weighted by Crippen LogP contribution is -2.52. The first-order valence-corrected chi connectivity index (χ1v) is 36.8. The molecule has 4 aromatic carbocycles. The van der Waals surface area contributed by atoms with Crippen molar-refractivity contribution in [2.24, 2.45) is 0 Å². The van der Waals surface area contributed by atoms with E-state index in [0.717, 1.165) is 146 Å². The number of benzene rings is 4. The van der Waals surface area contributed by atoms with Crippen molar-refractivity contribution < 1.29 is 51.8 Å². The molecule has 6 aliphatic heterocycles. The van der Waals surface area contributed by atoms with Crippen molar-refractivity contribution >= 4 is 75.8 Å². The molecule has 27 heteroatoms. The van der Waals surface area contributed by atoms with Crippen molar-refractivity contribution in [2.45, 2.75) is 142 Å². The van der Waals surface area contributed by atoms with Gasteiger partial charge in [-0.1, -0.05) is 84.3 Å². The van der Waals surface area contributed by atoms with Crippen LogP contribution in [0, 0.1) is 49.2 Å². The van der Waals surface area contributed by atoms with Crippen LogP contribution in [0.1, 0.15) is 172 Å². The van der Waals surface area contributed by atoms with Crippen molar-refractivity contribution in [1.29, 1.82) is 0 Å².